The molecule has 0 amide bonds. The third-order valence-corrected chi connectivity index (χ3v) is 9.06. The van der Waals surface area contributed by atoms with Crippen molar-refractivity contribution in [2.75, 3.05) is 26.4 Å². The van der Waals surface area contributed by atoms with Crippen LogP contribution in [0, 0.1) is 0 Å². The van der Waals surface area contributed by atoms with Crippen molar-refractivity contribution in [1.82, 2.24) is 0 Å². The SMILES string of the molecule is CC/C=C/C/C=C/C/C=C/C/C=C/C/C=C/CCCCCC(=O)O[C@H](COC(=O)CCCCCCC/C=C/CCCCCC)COP(=O)(O)OCCN. The Kier molecular flexibility index (Phi) is 37.3. The van der Waals surface area contributed by atoms with Crippen LogP contribution >= 0.6 is 7.82 Å². The zero-order chi connectivity index (χ0) is 38.9. The van der Waals surface area contributed by atoms with Crippen molar-refractivity contribution in [3.63, 3.8) is 0 Å². The fourth-order valence-electron chi connectivity index (χ4n) is 5.07. The van der Waals surface area contributed by atoms with Crippen molar-refractivity contribution in [3.8, 4) is 0 Å². The van der Waals surface area contributed by atoms with Crippen LogP contribution in [-0.4, -0.2) is 49.3 Å². The standard InChI is InChI=1S/C43H74NO8P/c1-3-5-7-9-11-13-15-17-18-19-20-21-22-24-26-28-30-32-34-36-43(46)52-41(40-51-53(47,48)50-38-37-44)39-49-42(45)35-33-31-29-27-25-23-16-14-12-10-8-6-4-2/h5,7,11,13-14,16-18,20-21,24,26,41H,3-4,6,8-10,12,15,19,22-23,25,27-40,44H2,1-2H3,(H,47,48)/b7-5+,13-11+,16-14+,18-17+,21-20+,26-24+/t41-/m1/s1. The molecule has 9 nitrogen and oxygen atoms in total. The molecule has 3 N–H and O–H groups in total. The van der Waals surface area contributed by atoms with E-state index >= 15 is 0 Å². The predicted molar refractivity (Wildman–Crippen MR) is 219 cm³/mol. The number of phosphoric acid groups is 1. The maximum absolute atomic E-state index is 12.6. The molecule has 0 heterocycles. The van der Waals surface area contributed by atoms with Crippen molar-refractivity contribution in [2.45, 2.75) is 161 Å². The van der Waals surface area contributed by atoms with Gasteiger partial charge in [-0.1, -0.05) is 132 Å². The molecule has 0 bridgehead atoms. The van der Waals surface area contributed by atoms with Crippen LogP contribution in [0.3, 0.4) is 0 Å². The minimum absolute atomic E-state index is 0.0429. The maximum Gasteiger partial charge on any atom is 0.472 e. The molecular weight excluding hydrogens is 689 g/mol. The van der Waals surface area contributed by atoms with Crippen LogP contribution < -0.4 is 5.73 Å². The highest BCUT2D eigenvalue weighted by atomic mass is 31.2. The number of allylic oxidation sites excluding steroid dienone is 12. The van der Waals surface area contributed by atoms with Crippen LogP contribution in [-0.2, 0) is 32.7 Å². The first-order valence-corrected chi connectivity index (χ1v) is 21.9. The van der Waals surface area contributed by atoms with E-state index in [9.17, 15) is 19.0 Å². The molecule has 0 aromatic rings. The van der Waals surface area contributed by atoms with Gasteiger partial charge in [0.25, 0.3) is 0 Å². The van der Waals surface area contributed by atoms with Crippen molar-refractivity contribution >= 4 is 19.8 Å². The quantitative estimate of drug-likeness (QED) is 0.0274. The van der Waals surface area contributed by atoms with Crippen molar-refractivity contribution in [3.05, 3.63) is 72.9 Å². The van der Waals surface area contributed by atoms with Crippen molar-refractivity contribution in [2.24, 2.45) is 5.73 Å². The van der Waals surface area contributed by atoms with E-state index < -0.39 is 32.5 Å². The Morgan fingerprint density at radius 3 is 1.58 bits per heavy atom. The Bertz CT molecular complexity index is 1100. The van der Waals surface area contributed by atoms with Gasteiger partial charge in [0.2, 0.25) is 0 Å². The van der Waals surface area contributed by atoms with Crippen molar-refractivity contribution < 1.29 is 37.6 Å². The summed E-state index contributed by atoms with van der Waals surface area (Å²) >= 11 is 0. The van der Waals surface area contributed by atoms with Gasteiger partial charge in [0.05, 0.1) is 13.2 Å². The number of ether oxygens (including phenoxy) is 2. The molecule has 0 rings (SSSR count). The minimum Gasteiger partial charge on any atom is -0.462 e. The van der Waals surface area contributed by atoms with Gasteiger partial charge >= 0.3 is 19.8 Å². The van der Waals surface area contributed by atoms with Gasteiger partial charge < -0.3 is 20.1 Å². The Morgan fingerprint density at radius 1 is 0.585 bits per heavy atom. The minimum atomic E-state index is -4.39. The van der Waals surface area contributed by atoms with Gasteiger partial charge in [-0.15, -0.1) is 0 Å². The number of hydrogen-bond donors (Lipinski definition) is 2. The monoisotopic (exact) mass is 764 g/mol. The van der Waals surface area contributed by atoms with Crippen LogP contribution in [0.1, 0.15) is 155 Å². The molecule has 0 spiro atoms. The normalized spacial score (nSPS) is 14.1. The molecule has 0 aromatic heterocycles. The maximum atomic E-state index is 12.6. The average Bonchev–Trinajstić information content (AvgIpc) is 3.14. The van der Waals surface area contributed by atoms with Crippen LogP contribution in [0.4, 0.5) is 0 Å². The van der Waals surface area contributed by atoms with Crippen LogP contribution in [0.5, 0.6) is 0 Å². The van der Waals surface area contributed by atoms with E-state index in [-0.39, 0.29) is 32.6 Å². The smallest absolute Gasteiger partial charge is 0.462 e. The van der Waals surface area contributed by atoms with Crippen molar-refractivity contribution in [1.29, 1.82) is 0 Å². The molecule has 53 heavy (non-hydrogen) atoms. The largest absolute Gasteiger partial charge is 0.472 e. The van der Waals surface area contributed by atoms with E-state index in [4.69, 9.17) is 24.3 Å². The van der Waals surface area contributed by atoms with E-state index in [0.717, 1.165) is 83.5 Å². The highest BCUT2D eigenvalue weighted by Crippen LogP contribution is 2.43. The molecule has 2 atom stereocenters. The summed E-state index contributed by atoms with van der Waals surface area (Å²) in [6.07, 6.45) is 46.4. The van der Waals surface area contributed by atoms with Gasteiger partial charge in [-0.25, -0.2) is 4.57 Å². The summed E-state index contributed by atoms with van der Waals surface area (Å²) in [4.78, 5) is 34.8. The Morgan fingerprint density at radius 2 is 1.04 bits per heavy atom. The summed E-state index contributed by atoms with van der Waals surface area (Å²) in [6, 6.07) is 0. The molecule has 10 heteroatoms. The number of nitrogens with two attached hydrogens (primary N) is 1. The van der Waals surface area contributed by atoms with Gasteiger partial charge in [0.1, 0.15) is 6.61 Å². The first-order chi connectivity index (χ1) is 25.8. The molecule has 0 fully saturated rings. The first-order valence-electron chi connectivity index (χ1n) is 20.4. The molecule has 0 aliphatic heterocycles. The second-order valence-electron chi connectivity index (χ2n) is 13.1. The molecular formula is C43H74NO8P. The molecule has 304 valence electrons. The molecule has 0 saturated carbocycles. The molecule has 0 aromatic carbocycles. The number of carbonyl (C=O) groups is 2. The summed E-state index contributed by atoms with van der Waals surface area (Å²) in [7, 11) is -4.39. The summed E-state index contributed by atoms with van der Waals surface area (Å²) in [5.41, 5.74) is 5.34. The Hall–Kier alpha value is -2.55. The number of phosphoric ester groups is 1. The predicted octanol–water partition coefficient (Wildman–Crippen LogP) is 11.5. The fraction of sp³-hybridized carbons (Fsp3) is 0.674. The van der Waals surface area contributed by atoms with Gasteiger partial charge in [-0.3, -0.25) is 18.6 Å². The topological polar surface area (TPSA) is 134 Å². The molecule has 0 radical (unpaired) electrons. The first kappa shape index (κ1) is 50.5. The lowest BCUT2D eigenvalue weighted by Crippen LogP contribution is -2.29. The molecule has 0 aliphatic carbocycles. The zero-order valence-electron chi connectivity index (χ0n) is 33.2. The lowest BCUT2D eigenvalue weighted by atomic mass is 10.1. The van der Waals surface area contributed by atoms with E-state index in [2.05, 4.69) is 86.8 Å². The Balaban J connectivity index is 4.29. The number of hydrogen-bond acceptors (Lipinski definition) is 8. The van der Waals surface area contributed by atoms with Gasteiger partial charge in [0.15, 0.2) is 6.10 Å². The van der Waals surface area contributed by atoms with Crippen LogP contribution in [0.15, 0.2) is 72.9 Å². The lowest BCUT2D eigenvalue weighted by molar-refractivity contribution is -0.161. The summed E-state index contributed by atoms with van der Waals surface area (Å²) in [5, 5.41) is 0. The molecule has 0 aliphatic rings. The van der Waals surface area contributed by atoms with Crippen LogP contribution in [0.25, 0.3) is 0 Å². The van der Waals surface area contributed by atoms with E-state index in [1.54, 1.807) is 0 Å². The second-order valence-corrected chi connectivity index (χ2v) is 14.6. The third kappa shape index (κ3) is 39.0. The summed E-state index contributed by atoms with van der Waals surface area (Å²) < 4.78 is 32.7. The number of rotatable bonds is 37. The van der Waals surface area contributed by atoms with E-state index in [1.807, 2.05) is 0 Å². The number of esters is 2. The zero-order valence-corrected chi connectivity index (χ0v) is 34.1. The average molecular weight is 764 g/mol. The second kappa shape index (κ2) is 39.2. The lowest BCUT2D eigenvalue weighted by Gasteiger charge is -2.19. The fourth-order valence-corrected chi connectivity index (χ4v) is 5.83. The van der Waals surface area contributed by atoms with Gasteiger partial charge in [-0.05, 0) is 83.5 Å². The summed E-state index contributed by atoms with van der Waals surface area (Å²) in [6.45, 7) is 3.53. The van der Waals surface area contributed by atoms with Crippen LogP contribution in [0.2, 0.25) is 0 Å². The highest BCUT2D eigenvalue weighted by Gasteiger charge is 2.25. The number of carbonyl (C=O) groups excluding carboxylic acids is 2. The van der Waals surface area contributed by atoms with E-state index in [1.165, 1.54) is 32.1 Å². The summed E-state index contributed by atoms with van der Waals surface area (Å²) in [5.74, 6) is -0.884. The molecule has 1 unspecified atom stereocenters. The van der Waals surface area contributed by atoms with Gasteiger partial charge in [-0.2, -0.15) is 0 Å². The molecule has 0 saturated heterocycles. The highest BCUT2D eigenvalue weighted by molar-refractivity contribution is 7.47. The Labute approximate surface area is 322 Å². The third-order valence-electron chi connectivity index (χ3n) is 8.08. The number of unbranched alkanes of at least 4 members (excludes halogenated alkanes) is 12. The van der Waals surface area contributed by atoms with E-state index in [0.29, 0.717) is 12.8 Å². The van der Waals surface area contributed by atoms with Gasteiger partial charge in [0, 0.05) is 19.4 Å².